The van der Waals surface area contributed by atoms with Gasteiger partial charge in [0.2, 0.25) is 10.0 Å². The van der Waals surface area contributed by atoms with Crippen molar-refractivity contribution < 1.29 is 27.8 Å². The van der Waals surface area contributed by atoms with E-state index >= 15 is 0 Å². The lowest BCUT2D eigenvalue weighted by molar-refractivity contribution is -0.143. The Kier molecular flexibility index (Phi) is 10.8. The minimum absolute atomic E-state index is 0.0127. The van der Waals surface area contributed by atoms with E-state index in [2.05, 4.69) is 30.4 Å². The molecule has 15 heteroatoms. The molecule has 4 aromatic rings. The van der Waals surface area contributed by atoms with Gasteiger partial charge in [0, 0.05) is 12.5 Å². The first kappa shape index (κ1) is 31.2. The number of rotatable bonds is 12. The van der Waals surface area contributed by atoms with Crippen molar-refractivity contribution in [1.29, 1.82) is 0 Å². The summed E-state index contributed by atoms with van der Waals surface area (Å²) < 4.78 is 34.3. The Labute approximate surface area is 254 Å². The summed E-state index contributed by atoms with van der Waals surface area (Å²) in [5.41, 5.74) is 1.63. The van der Waals surface area contributed by atoms with Gasteiger partial charge < -0.3 is 14.8 Å². The molecule has 0 aliphatic carbocycles. The molecule has 4 rings (SSSR count). The van der Waals surface area contributed by atoms with Gasteiger partial charge in [0.25, 0.3) is 11.3 Å². The maximum atomic E-state index is 12.8. The van der Waals surface area contributed by atoms with Crippen LogP contribution in [0.15, 0.2) is 77.0 Å². The number of amides is 1. The highest BCUT2D eigenvalue weighted by atomic mass is 35.5. The second-order valence-electron chi connectivity index (χ2n) is 8.70. The van der Waals surface area contributed by atoms with Crippen LogP contribution < -0.4 is 19.3 Å². The number of nitrogens with one attached hydrogen (secondary N) is 1. The van der Waals surface area contributed by atoms with Crippen LogP contribution in [-0.4, -0.2) is 50.9 Å². The molecule has 0 aliphatic rings. The topological polar surface area (TPSA) is 170 Å². The monoisotopic (exact) mass is 624 g/mol. The zero-order valence-corrected chi connectivity index (χ0v) is 24.7. The van der Waals surface area contributed by atoms with E-state index in [0.717, 1.165) is 4.31 Å². The van der Waals surface area contributed by atoms with Gasteiger partial charge in [-0.25, -0.2) is 18.5 Å². The Bertz CT molecular complexity index is 1730. The van der Waals surface area contributed by atoms with Crippen LogP contribution in [0.25, 0.3) is 11.0 Å². The Balaban J connectivity index is 1.66. The Hall–Kier alpha value is -4.75. The van der Waals surface area contributed by atoms with E-state index in [0.29, 0.717) is 40.5 Å². The van der Waals surface area contributed by atoms with Gasteiger partial charge in [-0.3, -0.25) is 14.1 Å². The van der Waals surface area contributed by atoms with Crippen molar-refractivity contribution in [3.05, 3.63) is 77.3 Å². The molecule has 2 N–H and O–H groups in total. The van der Waals surface area contributed by atoms with Crippen molar-refractivity contribution in [2.24, 2.45) is 10.2 Å². The summed E-state index contributed by atoms with van der Waals surface area (Å²) in [6, 6.07) is 17.9. The van der Waals surface area contributed by atoms with E-state index in [1.54, 1.807) is 49.4 Å². The smallest absolute Gasteiger partial charge is 0.360 e. The van der Waals surface area contributed by atoms with E-state index in [-0.39, 0.29) is 41.8 Å². The van der Waals surface area contributed by atoms with Crippen molar-refractivity contribution >= 4 is 68.8 Å². The molecule has 222 valence electrons. The van der Waals surface area contributed by atoms with Gasteiger partial charge >= 0.3 is 11.9 Å². The minimum atomic E-state index is -2.65. The van der Waals surface area contributed by atoms with Crippen LogP contribution in [0.1, 0.15) is 30.1 Å². The van der Waals surface area contributed by atoms with Crippen molar-refractivity contribution in [3.8, 4) is 5.75 Å². The first-order valence-electron chi connectivity index (χ1n) is 13.0. The average molecular weight is 625 g/mol. The minimum Gasteiger partial charge on any atom is -0.497 e. The number of benzene rings is 3. The van der Waals surface area contributed by atoms with Crippen molar-refractivity contribution in [2.45, 2.75) is 19.8 Å². The second kappa shape index (κ2) is 14.9. The molecule has 0 saturated carbocycles. The Morgan fingerprint density at radius 2 is 1.86 bits per heavy atom. The number of para-hydroxylation sites is 2. The Morgan fingerprint density at radius 3 is 2.58 bits per heavy atom. The van der Waals surface area contributed by atoms with E-state index < -0.39 is 17.2 Å². The van der Waals surface area contributed by atoms with Gasteiger partial charge in [-0.2, -0.15) is 0 Å². The largest absolute Gasteiger partial charge is 0.497 e. The average Bonchev–Trinajstić information content (AvgIpc) is 3.00. The van der Waals surface area contributed by atoms with Crippen LogP contribution in [0.3, 0.4) is 0 Å². The third-order valence-corrected chi connectivity index (χ3v) is 6.82. The van der Waals surface area contributed by atoms with Gasteiger partial charge in [0.1, 0.15) is 17.4 Å². The summed E-state index contributed by atoms with van der Waals surface area (Å²) in [4.78, 5) is 36.9. The molecule has 13 nitrogen and oxygen atoms in total. The fourth-order valence-corrected chi connectivity index (χ4v) is 4.56. The predicted octanol–water partition coefficient (Wildman–Crippen LogP) is 5.77. The molecule has 0 spiro atoms. The third kappa shape index (κ3) is 8.17. The highest BCUT2D eigenvalue weighted by molar-refractivity contribution is 7.81. The third-order valence-electron chi connectivity index (χ3n) is 5.80. The van der Waals surface area contributed by atoms with Gasteiger partial charge in [0.05, 0.1) is 46.7 Å². The first-order chi connectivity index (χ1) is 20.8. The number of aromatic nitrogens is 2. The van der Waals surface area contributed by atoms with Crippen LogP contribution in [0, 0.1) is 0 Å². The molecular weight excluding hydrogens is 598 g/mol. The fourth-order valence-electron chi connectivity index (χ4n) is 3.82. The quantitative estimate of drug-likeness (QED) is 0.0653. The van der Waals surface area contributed by atoms with Gasteiger partial charge in [-0.15, -0.1) is 0 Å². The number of carbonyl (C=O) groups excluding carboxylic acids is 2. The summed E-state index contributed by atoms with van der Waals surface area (Å²) in [6.07, 6.45) is 0.568. The lowest BCUT2D eigenvalue weighted by Gasteiger charge is -2.22. The van der Waals surface area contributed by atoms with E-state index in [4.69, 9.17) is 21.1 Å². The molecule has 0 radical (unpaired) electrons. The molecule has 0 saturated heterocycles. The number of carbonyl (C=O) groups is 2. The molecule has 3 aromatic carbocycles. The number of esters is 1. The van der Waals surface area contributed by atoms with Gasteiger partial charge in [0.15, 0.2) is 11.6 Å². The van der Waals surface area contributed by atoms with Crippen molar-refractivity contribution in [3.63, 3.8) is 0 Å². The number of anilines is 4. The molecule has 1 amide bonds. The standard InChI is InChI=1S/C28H26ClN7O6S/c1-3-42-25(37)12-7-15-30-35-34-28(38)18-8-6-9-19(16-18)36(43(39)40)27-26(31-22-10-4-5-11-23(22)33-27)32-24-17-20(41-2)13-14-21(24)29/h4-6,8-11,13-14,16-17H,3,7,12,15H2,1-2H3,(H-,31,32,39,40)/p+1. The molecule has 1 heterocycles. The molecule has 43 heavy (non-hydrogen) atoms. The number of fused-ring (bicyclic) bond motifs is 1. The van der Waals surface area contributed by atoms with Crippen LogP contribution in [0.2, 0.25) is 5.02 Å². The lowest BCUT2D eigenvalue weighted by atomic mass is 10.2. The molecule has 1 unspecified atom stereocenters. The molecule has 0 fully saturated rings. The van der Waals surface area contributed by atoms with E-state index in [1.165, 1.54) is 31.4 Å². The highest BCUT2D eigenvalue weighted by Gasteiger charge is 2.25. The second-order valence-corrected chi connectivity index (χ2v) is 9.93. The highest BCUT2D eigenvalue weighted by Crippen LogP contribution is 2.36. The van der Waals surface area contributed by atoms with Crippen LogP contribution in [-0.2, 0) is 20.8 Å². The summed E-state index contributed by atoms with van der Waals surface area (Å²) in [5, 5.41) is 10.8. The fraction of sp³-hybridized carbons (Fsp3) is 0.214. The normalized spacial score (nSPS) is 11.3. The number of nitrogens with zero attached hydrogens (tertiary/aromatic N) is 6. The maximum Gasteiger partial charge on any atom is 0.360 e. The number of hydrogen-bond donors (Lipinski definition) is 2. The van der Waals surface area contributed by atoms with Crippen LogP contribution in [0.5, 0.6) is 5.75 Å². The molecule has 1 aromatic heterocycles. The summed E-state index contributed by atoms with van der Waals surface area (Å²) in [6.45, 7) is 2.20. The molecule has 1 atom stereocenters. The zero-order valence-electron chi connectivity index (χ0n) is 23.1. The summed E-state index contributed by atoms with van der Waals surface area (Å²) >= 11 is 3.76. The molecule has 0 bridgehead atoms. The summed E-state index contributed by atoms with van der Waals surface area (Å²) in [5.74, 6) is -0.438. The maximum absolute atomic E-state index is 12.8. The SMILES string of the molecule is CCOC(=O)CCCN=[N+]=NC(=O)c1cccc(N(c2nc3ccccc3nc2Nc2cc(OC)ccc2Cl)S(=O)O)c1. The molecular formula is C28H27ClN7O6S+. The van der Waals surface area contributed by atoms with Gasteiger partial charge in [-0.05, 0) is 55.8 Å². The predicted molar refractivity (Wildman–Crippen MR) is 162 cm³/mol. The van der Waals surface area contributed by atoms with Gasteiger partial charge in [-0.1, -0.05) is 29.8 Å². The first-order valence-corrected chi connectivity index (χ1v) is 14.4. The summed E-state index contributed by atoms with van der Waals surface area (Å²) in [7, 11) is 1.51. The number of methoxy groups -OCH3 is 1. The van der Waals surface area contributed by atoms with Crippen LogP contribution in [0.4, 0.5) is 23.0 Å². The van der Waals surface area contributed by atoms with Crippen LogP contribution >= 0.6 is 11.6 Å². The lowest BCUT2D eigenvalue weighted by Crippen LogP contribution is -2.22. The van der Waals surface area contributed by atoms with Crippen molar-refractivity contribution in [2.75, 3.05) is 29.9 Å². The zero-order chi connectivity index (χ0) is 30.8. The number of halogens is 1. The van der Waals surface area contributed by atoms with E-state index in [9.17, 15) is 18.4 Å². The number of ether oxygens (including phenoxy) is 2. The van der Waals surface area contributed by atoms with Crippen molar-refractivity contribution in [1.82, 2.24) is 14.9 Å². The van der Waals surface area contributed by atoms with E-state index in [1.807, 2.05) is 0 Å². The Morgan fingerprint density at radius 1 is 1.09 bits per heavy atom. The number of hydrogen-bond acceptors (Lipinski definition) is 9. The molecule has 0 aliphatic heterocycles.